The maximum Gasteiger partial charge on any atom is 0.0389 e. The zero-order valence-corrected chi connectivity index (χ0v) is 7.74. The highest BCUT2D eigenvalue weighted by molar-refractivity contribution is 7.10. The lowest BCUT2D eigenvalue weighted by molar-refractivity contribution is 0.504. The first-order valence-corrected chi connectivity index (χ1v) is 4.97. The normalized spacial score (nSPS) is 30.0. The molecule has 11 heavy (non-hydrogen) atoms. The molecule has 0 saturated heterocycles. The van der Waals surface area contributed by atoms with Crippen LogP contribution in [0.15, 0.2) is 11.4 Å². The lowest BCUT2D eigenvalue weighted by Gasteiger charge is -2.25. The molecule has 1 N–H and O–H groups in total. The minimum absolute atomic E-state index is 0.571. The zero-order chi connectivity index (χ0) is 7.84. The van der Waals surface area contributed by atoms with Gasteiger partial charge in [-0.05, 0) is 29.9 Å². The van der Waals surface area contributed by atoms with Gasteiger partial charge in [-0.15, -0.1) is 11.3 Å². The highest BCUT2D eigenvalue weighted by Crippen LogP contribution is 2.33. The molecule has 1 aliphatic heterocycles. The van der Waals surface area contributed by atoms with Gasteiger partial charge in [0.1, 0.15) is 0 Å². The summed E-state index contributed by atoms with van der Waals surface area (Å²) in [6, 6.07) is 2.84. The van der Waals surface area contributed by atoms with E-state index in [1.54, 1.807) is 5.56 Å². The Balaban J connectivity index is 2.43. The molecule has 0 aromatic carbocycles. The lowest BCUT2D eigenvalue weighted by Crippen LogP contribution is -2.28. The monoisotopic (exact) mass is 167 g/mol. The van der Waals surface area contributed by atoms with Crippen molar-refractivity contribution in [1.29, 1.82) is 0 Å². The van der Waals surface area contributed by atoms with E-state index in [0.717, 1.165) is 6.54 Å². The van der Waals surface area contributed by atoms with Crippen molar-refractivity contribution >= 4 is 11.3 Å². The van der Waals surface area contributed by atoms with Crippen LogP contribution in [-0.2, 0) is 0 Å². The average Bonchev–Trinajstić information content (AvgIpc) is 2.45. The SMILES string of the molecule is C[C@@H]1CN[C@H](C)c2sccc21. The van der Waals surface area contributed by atoms with E-state index in [1.807, 2.05) is 11.3 Å². The van der Waals surface area contributed by atoms with Gasteiger partial charge in [-0.3, -0.25) is 0 Å². The van der Waals surface area contributed by atoms with Crippen LogP contribution in [0.25, 0.3) is 0 Å². The second-order valence-electron chi connectivity index (χ2n) is 3.27. The van der Waals surface area contributed by atoms with Crippen LogP contribution in [0.5, 0.6) is 0 Å². The van der Waals surface area contributed by atoms with Crippen molar-refractivity contribution in [2.24, 2.45) is 0 Å². The Bertz CT molecular complexity index is 229. The topological polar surface area (TPSA) is 12.0 Å². The summed E-state index contributed by atoms with van der Waals surface area (Å²) < 4.78 is 0. The van der Waals surface area contributed by atoms with Crippen LogP contribution < -0.4 is 5.32 Å². The highest BCUT2D eigenvalue weighted by atomic mass is 32.1. The van der Waals surface area contributed by atoms with Crippen LogP contribution in [0, 0.1) is 0 Å². The van der Waals surface area contributed by atoms with Crippen LogP contribution in [0.4, 0.5) is 0 Å². The number of nitrogens with one attached hydrogen (secondary N) is 1. The second kappa shape index (κ2) is 2.61. The zero-order valence-electron chi connectivity index (χ0n) is 6.92. The molecule has 0 saturated carbocycles. The smallest absolute Gasteiger partial charge is 0.0389 e. The summed E-state index contributed by atoms with van der Waals surface area (Å²) in [6.45, 7) is 5.65. The quantitative estimate of drug-likeness (QED) is 0.626. The maximum atomic E-state index is 3.48. The Morgan fingerprint density at radius 2 is 2.36 bits per heavy atom. The van der Waals surface area contributed by atoms with E-state index in [0.29, 0.717) is 12.0 Å². The third-order valence-corrected chi connectivity index (χ3v) is 3.50. The second-order valence-corrected chi connectivity index (χ2v) is 4.22. The molecule has 1 aromatic heterocycles. The molecule has 1 nitrogen and oxygen atoms in total. The van der Waals surface area contributed by atoms with Crippen molar-refractivity contribution in [2.75, 3.05) is 6.54 Å². The Morgan fingerprint density at radius 1 is 1.55 bits per heavy atom. The number of thiophene rings is 1. The molecule has 2 heteroatoms. The van der Waals surface area contributed by atoms with Crippen molar-refractivity contribution in [3.8, 4) is 0 Å². The third kappa shape index (κ3) is 1.10. The Kier molecular flexibility index (Phi) is 1.74. The Labute approximate surface area is 71.4 Å². The summed E-state index contributed by atoms with van der Waals surface area (Å²) in [6.07, 6.45) is 0. The first-order chi connectivity index (χ1) is 5.29. The van der Waals surface area contributed by atoms with Gasteiger partial charge in [-0.1, -0.05) is 6.92 Å². The molecule has 0 fully saturated rings. The number of rotatable bonds is 0. The van der Waals surface area contributed by atoms with Gasteiger partial charge in [0.05, 0.1) is 0 Å². The third-order valence-electron chi connectivity index (χ3n) is 2.38. The number of hydrogen-bond acceptors (Lipinski definition) is 2. The molecule has 0 amide bonds. The molecular formula is C9H13NS. The summed E-state index contributed by atoms with van der Waals surface area (Å²) in [5.74, 6) is 0.701. The molecule has 60 valence electrons. The molecule has 0 aliphatic carbocycles. The Hall–Kier alpha value is -0.340. The van der Waals surface area contributed by atoms with Crippen molar-refractivity contribution in [3.63, 3.8) is 0 Å². The van der Waals surface area contributed by atoms with Crippen LogP contribution in [0.1, 0.15) is 36.2 Å². The number of hydrogen-bond donors (Lipinski definition) is 1. The molecule has 1 aliphatic rings. The van der Waals surface area contributed by atoms with Crippen LogP contribution in [0.3, 0.4) is 0 Å². The van der Waals surface area contributed by atoms with Crippen LogP contribution in [-0.4, -0.2) is 6.54 Å². The van der Waals surface area contributed by atoms with E-state index in [4.69, 9.17) is 0 Å². The first-order valence-electron chi connectivity index (χ1n) is 4.09. The van der Waals surface area contributed by atoms with Gasteiger partial charge in [0.25, 0.3) is 0 Å². The fourth-order valence-electron chi connectivity index (χ4n) is 1.65. The van der Waals surface area contributed by atoms with Crippen molar-refractivity contribution in [2.45, 2.75) is 25.8 Å². The average molecular weight is 167 g/mol. The van der Waals surface area contributed by atoms with Gasteiger partial charge in [-0.2, -0.15) is 0 Å². The van der Waals surface area contributed by atoms with Crippen molar-refractivity contribution in [1.82, 2.24) is 5.32 Å². The van der Waals surface area contributed by atoms with Gasteiger partial charge < -0.3 is 5.32 Å². The minimum Gasteiger partial charge on any atom is -0.309 e. The summed E-state index contributed by atoms with van der Waals surface area (Å²) in [7, 11) is 0. The minimum atomic E-state index is 0.571. The van der Waals surface area contributed by atoms with Gasteiger partial charge in [0.2, 0.25) is 0 Å². The summed E-state index contributed by atoms with van der Waals surface area (Å²) >= 11 is 1.87. The van der Waals surface area contributed by atoms with Gasteiger partial charge in [-0.25, -0.2) is 0 Å². The summed E-state index contributed by atoms with van der Waals surface area (Å²) in [5, 5.41) is 5.68. The largest absolute Gasteiger partial charge is 0.309 e. The molecule has 1 aromatic rings. The van der Waals surface area contributed by atoms with E-state index in [1.165, 1.54) is 4.88 Å². The summed E-state index contributed by atoms with van der Waals surface area (Å²) in [5.41, 5.74) is 1.56. The standard InChI is InChI=1S/C9H13NS/c1-6-5-10-7(2)9-8(6)3-4-11-9/h3-4,6-7,10H,5H2,1-2H3/t6-,7-/m1/s1. The van der Waals surface area contributed by atoms with E-state index < -0.39 is 0 Å². The van der Waals surface area contributed by atoms with E-state index >= 15 is 0 Å². The fraction of sp³-hybridized carbons (Fsp3) is 0.556. The van der Waals surface area contributed by atoms with Crippen molar-refractivity contribution in [3.05, 3.63) is 21.9 Å². The lowest BCUT2D eigenvalue weighted by atomic mass is 9.95. The van der Waals surface area contributed by atoms with E-state index in [2.05, 4.69) is 30.6 Å². The predicted octanol–water partition coefficient (Wildman–Crippen LogP) is 2.52. The van der Waals surface area contributed by atoms with E-state index in [-0.39, 0.29) is 0 Å². The molecule has 0 bridgehead atoms. The fourth-order valence-corrected chi connectivity index (χ4v) is 2.70. The van der Waals surface area contributed by atoms with Gasteiger partial charge in [0.15, 0.2) is 0 Å². The van der Waals surface area contributed by atoms with E-state index in [9.17, 15) is 0 Å². The van der Waals surface area contributed by atoms with Crippen molar-refractivity contribution < 1.29 is 0 Å². The molecule has 2 rings (SSSR count). The molecule has 0 unspecified atom stereocenters. The van der Waals surface area contributed by atoms with Crippen LogP contribution in [0.2, 0.25) is 0 Å². The molecular weight excluding hydrogens is 154 g/mol. The molecule has 2 atom stereocenters. The molecule has 2 heterocycles. The first kappa shape index (κ1) is 7.32. The molecule has 0 spiro atoms. The highest BCUT2D eigenvalue weighted by Gasteiger charge is 2.21. The maximum absolute atomic E-state index is 3.48. The predicted molar refractivity (Wildman–Crippen MR) is 49.2 cm³/mol. The summed E-state index contributed by atoms with van der Waals surface area (Å²) in [4.78, 5) is 1.53. The van der Waals surface area contributed by atoms with Gasteiger partial charge in [0, 0.05) is 17.5 Å². The van der Waals surface area contributed by atoms with Gasteiger partial charge >= 0.3 is 0 Å². The molecule has 0 radical (unpaired) electrons. The van der Waals surface area contributed by atoms with Crippen LogP contribution >= 0.6 is 11.3 Å². The number of fused-ring (bicyclic) bond motifs is 1. The Morgan fingerprint density at radius 3 is 3.09 bits per heavy atom.